The van der Waals surface area contributed by atoms with Gasteiger partial charge in [0, 0.05) is 6.61 Å². The van der Waals surface area contributed by atoms with E-state index >= 15 is 0 Å². The third-order valence-electron chi connectivity index (χ3n) is 1.33. The van der Waals surface area contributed by atoms with E-state index in [4.69, 9.17) is 21.4 Å². The third-order valence-corrected chi connectivity index (χ3v) is 1.33. The zero-order chi connectivity index (χ0) is 10.3. The van der Waals surface area contributed by atoms with E-state index in [0.717, 1.165) is 0 Å². The summed E-state index contributed by atoms with van der Waals surface area (Å²) in [6.45, 7) is 0.0967. The molecule has 0 fully saturated rings. The van der Waals surface area contributed by atoms with Gasteiger partial charge in [-0.2, -0.15) is 0 Å². The maximum atomic E-state index is 10.3. The smallest absolute Gasteiger partial charge is 0.317 e. The van der Waals surface area contributed by atoms with Gasteiger partial charge in [-0.1, -0.05) is 5.92 Å². The molecule has 0 atom stereocenters. The van der Waals surface area contributed by atoms with Crippen LogP contribution in [0.5, 0.6) is 0 Å². The van der Waals surface area contributed by atoms with Gasteiger partial charge in [-0.05, 0) is 6.42 Å². The average molecular weight is 186 g/mol. The Balaban J connectivity index is 3.79. The summed E-state index contributed by atoms with van der Waals surface area (Å²) in [4.78, 5) is 20.7. The van der Waals surface area contributed by atoms with E-state index in [1.54, 1.807) is 0 Å². The Labute approximate surface area is 75.3 Å². The lowest BCUT2D eigenvalue weighted by Crippen LogP contribution is -2.24. The van der Waals surface area contributed by atoms with Gasteiger partial charge in [-0.3, -0.25) is 9.59 Å². The molecule has 0 unspecified atom stereocenters. The van der Waals surface area contributed by atoms with Crippen LogP contribution in [0.3, 0.4) is 0 Å². The van der Waals surface area contributed by atoms with E-state index in [9.17, 15) is 9.59 Å². The number of aliphatic carboxylic acids is 2. The molecule has 0 heterocycles. The second-order valence-electron chi connectivity index (χ2n) is 2.27. The number of ether oxygens (including phenoxy) is 1. The van der Waals surface area contributed by atoms with Gasteiger partial charge in [0.15, 0.2) is 5.92 Å². The van der Waals surface area contributed by atoms with Crippen molar-refractivity contribution in [3.05, 3.63) is 0 Å². The largest absolute Gasteiger partial charge is 0.481 e. The number of carbonyl (C=O) groups is 2. The Bertz CT molecular complexity index is 213. The zero-order valence-electron chi connectivity index (χ0n) is 6.90. The Kier molecular flexibility index (Phi) is 5.32. The number of carboxylic acids is 2. The molecule has 0 rings (SSSR count). The van der Waals surface area contributed by atoms with Crippen molar-refractivity contribution in [3.63, 3.8) is 0 Å². The van der Waals surface area contributed by atoms with Crippen LogP contribution in [-0.2, 0) is 14.3 Å². The van der Waals surface area contributed by atoms with Crippen molar-refractivity contribution < 1.29 is 24.5 Å². The van der Waals surface area contributed by atoms with Gasteiger partial charge >= 0.3 is 11.9 Å². The molecule has 0 amide bonds. The fourth-order valence-corrected chi connectivity index (χ4v) is 0.685. The molecule has 0 radical (unpaired) electrons. The Hall–Kier alpha value is -1.54. The van der Waals surface area contributed by atoms with E-state index in [2.05, 4.69) is 5.92 Å². The molecule has 0 saturated heterocycles. The highest BCUT2D eigenvalue weighted by molar-refractivity contribution is 5.92. The zero-order valence-corrected chi connectivity index (χ0v) is 6.90. The summed E-state index contributed by atoms with van der Waals surface area (Å²) >= 11 is 0. The van der Waals surface area contributed by atoms with Crippen LogP contribution in [0.4, 0.5) is 0 Å². The molecule has 0 aromatic rings. The summed E-state index contributed by atoms with van der Waals surface area (Å²) in [7, 11) is 0. The van der Waals surface area contributed by atoms with E-state index in [1.165, 1.54) is 0 Å². The lowest BCUT2D eigenvalue weighted by atomic mass is 10.1. The van der Waals surface area contributed by atoms with E-state index in [-0.39, 0.29) is 19.6 Å². The van der Waals surface area contributed by atoms with Crippen molar-refractivity contribution in [2.45, 2.75) is 6.42 Å². The maximum absolute atomic E-state index is 10.3. The Morgan fingerprint density at radius 2 is 1.92 bits per heavy atom. The molecule has 13 heavy (non-hydrogen) atoms. The Morgan fingerprint density at radius 1 is 1.38 bits per heavy atom. The fourth-order valence-electron chi connectivity index (χ4n) is 0.685. The first-order valence-electron chi connectivity index (χ1n) is 3.56. The summed E-state index contributed by atoms with van der Waals surface area (Å²) in [6, 6.07) is 0. The third kappa shape index (κ3) is 4.82. The fraction of sp³-hybridized carbons (Fsp3) is 0.500. The van der Waals surface area contributed by atoms with Crippen molar-refractivity contribution in [1.82, 2.24) is 0 Å². The van der Waals surface area contributed by atoms with Gasteiger partial charge < -0.3 is 14.9 Å². The molecule has 0 saturated carbocycles. The van der Waals surface area contributed by atoms with Crippen LogP contribution in [0.25, 0.3) is 0 Å². The van der Waals surface area contributed by atoms with Crippen molar-refractivity contribution in [3.8, 4) is 12.3 Å². The molecule has 2 N–H and O–H groups in total. The second kappa shape index (κ2) is 6.03. The van der Waals surface area contributed by atoms with Gasteiger partial charge in [-0.15, -0.1) is 6.42 Å². The van der Waals surface area contributed by atoms with Gasteiger partial charge in [0.25, 0.3) is 0 Å². The highest BCUT2D eigenvalue weighted by Gasteiger charge is 2.24. The number of terminal acetylenes is 1. The quantitative estimate of drug-likeness (QED) is 0.341. The molecule has 0 aromatic carbocycles. The molecule has 0 aliphatic heterocycles. The summed E-state index contributed by atoms with van der Waals surface area (Å²) in [6.07, 6.45) is 4.78. The predicted molar refractivity (Wildman–Crippen MR) is 43.0 cm³/mol. The molecule has 5 nitrogen and oxygen atoms in total. The molecule has 5 heteroatoms. The first-order valence-corrected chi connectivity index (χ1v) is 3.56. The monoisotopic (exact) mass is 186 g/mol. The number of rotatable bonds is 6. The minimum absolute atomic E-state index is 0.0352. The van der Waals surface area contributed by atoms with Crippen LogP contribution in [0, 0.1) is 18.3 Å². The maximum Gasteiger partial charge on any atom is 0.317 e. The summed E-state index contributed by atoms with van der Waals surface area (Å²) in [5, 5.41) is 16.8. The van der Waals surface area contributed by atoms with Gasteiger partial charge in [0.2, 0.25) is 0 Å². The van der Waals surface area contributed by atoms with Crippen LogP contribution in [0.2, 0.25) is 0 Å². The Morgan fingerprint density at radius 3 is 2.31 bits per heavy atom. The van der Waals surface area contributed by atoms with Gasteiger partial charge in [0.1, 0.15) is 6.61 Å². The molecule has 72 valence electrons. The molecular weight excluding hydrogens is 176 g/mol. The molecule has 0 aliphatic carbocycles. The average Bonchev–Trinajstić information content (AvgIpc) is 2.02. The topological polar surface area (TPSA) is 83.8 Å². The number of carboxylic acid groups (broad SMARTS) is 2. The number of hydrogen-bond acceptors (Lipinski definition) is 3. The van der Waals surface area contributed by atoms with Crippen LogP contribution in [0.1, 0.15) is 6.42 Å². The summed E-state index contributed by atoms with van der Waals surface area (Å²) in [5.74, 6) is -1.96. The second-order valence-corrected chi connectivity index (χ2v) is 2.27. The van der Waals surface area contributed by atoms with Crippen molar-refractivity contribution in [2.75, 3.05) is 13.2 Å². The highest BCUT2D eigenvalue weighted by Crippen LogP contribution is 2.03. The molecule has 0 aromatic heterocycles. The minimum atomic E-state index is -1.42. The molecule has 0 spiro atoms. The molecule has 0 aliphatic rings. The predicted octanol–water partition coefficient (Wildman–Crippen LogP) is -0.188. The SMILES string of the molecule is C#CCOCCC(C(=O)O)C(=O)O. The van der Waals surface area contributed by atoms with Crippen molar-refractivity contribution in [2.24, 2.45) is 5.92 Å². The van der Waals surface area contributed by atoms with Crippen molar-refractivity contribution >= 4 is 11.9 Å². The van der Waals surface area contributed by atoms with Crippen LogP contribution in [-0.4, -0.2) is 35.4 Å². The van der Waals surface area contributed by atoms with Crippen molar-refractivity contribution in [1.29, 1.82) is 0 Å². The standard InChI is InChI=1S/C8H10O5/c1-2-4-13-5-3-6(7(9)10)8(11)12/h1,6H,3-5H2,(H,9,10)(H,11,12). The lowest BCUT2D eigenvalue weighted by molar-refractivity contribution is -0.155. The highest BCUT2D eigenvalue weighted by atomic mass is 16.5. The van der Waals surface area contributed by atoms with Gasteiger partial charge in [-0.25, -0.2) is 0 Å². The van der Waals surface area contributed by atoms with E-state index < -0.39 is 17.9 Å². The van der Waals surface area contributed by atoms with Crippen LogP contribution in [0.15, 0.2) is 0 Å². The molecular formula is C8H10O5. The minimum Gasteiger partial charge on any atom is -0.481 e. The van der Waals surface area contributed by atoms with Crippen LogP contribution < -0.4 is 0 Å². The summed E-state index contributed by atoms with van der Waals surface area (Å²) < 4.78 is 4.75. The molecule has 0 bridgehead atoms. The van der Waals surface area contributed by atoms with E-state index in [1.807, 2.05) is 0 Å². The lowest BCUT2D eigenvalue weighted by Gasteiger charge is -2.05. The summed E-state index contributed by atoms with van der Waals surface area (Å²) in [5.41, 5.74) is 0. The van der Waals surface area contributed by atoms with Crippen LogP contribution >= 0.6 is 0 Å². The first kappa shape index (κ1) is 11.5. The normalized spacial score (nSPS) is 9.54. The van der Waals surface area contributed by atoms with Gasteiger partial charge in [0.05, 0.1) is 0 Å². The first-order chi connectivity index (χ1) is 6.09. The number of hydrogen-bond donors (Lipinski definition) is 2. The van der Waals surface area contributed by atoms with E-state index in [0.29, 0.717) is 0 Å².